The SMILES string of the molecule is Cc1cccc(-c2nocc2CCC(=O)NCC2CCCCC2)c1. The lowest BCUT2D eigenvalue weighted by molar-refractivity contribution is -0.121. The van der Waals surface area contributed by atoms with Gasteiger partial charge in [0.05, 0.1) is 0 Å². The van der Waals surface area contributed by atoms with Gasteiger partial charge in [-0.2, -0.15) is 0 Å². The molecule has 3 rings (SSSR count). The van der Waals surface area contributed by atoms with Crippen LogP contribution in [0.3, 0.4) is 0 Å². The van der Waals surface area contributed by atoms with Gasteiger partial charge in [0.2, 0.25) is 5.91 Å². The zero-order valence-electron chi connectivity index (χ0n) is 14.4. The molecule has 0 atom stereocenters. The molecule has 4 nitrogen and oxygen atoms in total. The molecule has 0 saturated heterocycles. The molecule has 0 unspecified atom stereocenters. The average molecular weight is 326 g/mol. The number of nitrogens with zero attached hydrogens (tertiary/aromatic N) is 1. The van der Waals surface area contributed by atoms with E-state index in [-0.39, 0.29) is 5.91 Å². The predicted octanol–water partition coefficient (Wildman–Crippen LogP) is 4.28. The lowest BCUT2D eigenvalue weighted by Gasteiger charge is -2.21. The van der Waals surface area contributed by atoms with E-state index in [2.05, 4.69) is 29.5 Å². The number of nitrogens with one attached hydrogen (secondary N) is 1. The van der Waals surface area contributed by atoms with Gasteiger partial charge in [-0.3, -0.25) is 4.79 Å². The van der Waals surface area contributed by atoms with Gasteiger partial charge in [0.1, 0.15) is 12.0 Å². The van der Waals surface area contributed by atoms with Crippen LogP contribution < -0.4 is 5.32 Å². The van der Waals surface area contributed by atoms with Crippen LogP contribution in [0.1, 0.15) is 49.7 Å². The molecule has 0 radical (unpaired) electrons. The van der Waals surface area contributed by atoms with E-state index in [4.69, 9.17) is 4.52 Å². The Balaban J connectivity index is 1.51. The number of rotatable bonds is 6. The molecule has 0 spiro atoms. The van der Waals surface area contributed by atoms with E-state index in [1.54, 1.807) is 6.26 Å². The summed E-state index contributed by atoms with van der Waals surface area (Å²) in [5, 5.41) is 7.21. The topological polar surface area (TPSA) is 55.1 Å². The summed E-state index contributed by atoms with van der Waals surface area (Å²) in [5.74, 6) is 0.790. The molecule has 1 aromatic heterocycles. The minimum Gasteiger partial charge on any atom is -0.364 e. The molecule has 0 aliphatic heterocycles. The van der Waals surface area contributed by atoms with Crippen LogP contribution in [0.25, 0.3) is 11.3 Å². The van der Waals surface area contributed by atoms with E-state index in [1.807, 2.05) is 12.1 Å². The number of amides is 1. The van der Waals surface area contributed by atoms with Crippen LogP contribution in [-0.2, 0) is 11.2 Å². The molecule has 1 aliphatic rings. The Bertz CT molecular complexity index is 672. The quantitative estimate of drug-likeness (QED) is 0.862. The first-order chi connectivity index (χ1) is 11.7. The van der Waals surface area contributed by atoms with Crippen molar-refractivity contribution in [2.24, 2.45) is 5.92 Å². The van der Waals surface area contributed by atoms with E-state index in [0.717, 1.165) is 23.4 Å². The summed E-state index contributed by atoms with van der Waals surface area (Å²) >= 11 is 0. The first-order valence-electron chi connectivity index (χ1n) is 8.99. The van der Waals surface area contributed by atoms with Gasteiger partial charge in [-0.05, 0) is 38.2 Å². The van der Waals surface area contributed by atoms with Crippen LogP contribution in [0.5, 0.6) is 0 Å². The zero-order valence-corrected chi connectivity index (χ0v) is 14.4. The fraction of sp³-hybridized carbons (Fsp3) is 0.500. The van der Waals surface area contributed by atoms with Crippen LogP contribution in [0.2, 0.25) is 0 Å². The number of hydrogen-bond donors (Lipinski definition) is 1. The predicted molar refractivity (Wildman–Crippen MR) is 94.6 cm³/mol. The second-order valence-electron chi connectivity index (χ2n) is 6.87. The molecule has 24 heavy (non-hydrogen) atoms. The largest absolute Gasteiger partial charge is 0.364 e. The van der Waals surface area contributed by atoms with Gasteiger partial charge < -0.3 is 9.84 Å². The van der Waals surface area contributed by atoms with Crippen LogP contribution in [0.4, 0.5) is 0 Å². The van der Waals surface area contributed by atoms with Crippen molar-refractivity contribution in [1.29, 1.82) is 0 Å². The number of aryl methyl sites for hydroxylation is 2. The van der Waals surface area contributed by atoms with Gasteiger partial charge in [0.25, 0.3) is 0 Å². The minimum atomic E-state index is 0.122. The van der Waals surface area contributed by atoms with Crippen molar-refractivity contribution in [3.63, 3.8) is 0 Å². The van der Waals surface area contributed by atoms with Crippen LogP contribution >= 0.6 is 0 Å². The van der Waals surface area contributed by atoms with Gasteiger partial charge in [-0.25, -0.2) is 0 Å². The van der Waals surface area contributed by atoms with Gasteiger partial charge >= 0.3 is 0 Å². The fourth-order valence-electron chi connectivity index (χ4n) is 3.45. The number of carbonyl (C=O) groups excluding carboxylic acids is 1. The maximum absolute atomic E-state index is 12.1. The van der Waals surface area contributed by atoms with Crippen molar-refractivity contribution in [3.8, 4) is 11.3 Å². The van der Waals surface area contributed by atoms with Gasteiger partial charge in [-0.15, -0.1) is 0 Å². The molecule has 1 heterocycles. The second-order valence-corrected chi connectivity index (χ2v) is 6.87. The van der Waals surface area contributed by atoms with Crippen molar-refractivity contribution in [3.05, 3.63) is 41.7 Å². The third kappa shape index (κ3) is 4.47. The third-order valence-corrected chi connectivity index (χ3v) is 4.87. The lowest BCUT2D eigenvalue weighted by atomic mass is 9.89. The Morgan fingerprint density at radius 2 is 2.12 bits per heavy atom. The Hall–Kier alpha value is -2.10. The minimum absolute atomic E-state index is 0.122. The molecule has 1 N–H and O–H groups in total. The summed E-state index contributed by atoms with van der Waals surface area (Å²) < 4.78 is 5.15. The zero-order chi connectivity index (χ0) is 16.8. The van der Waals surface area contributed by atoms with E-state index in [9.17, 15) is 4.79 Å². The standard InChI is InChI=1S/C20H26N2O2/c1-15-6-5-9-17(12-15)20-18(14-24-22-20)10-11-19(23)21-13-16-7-3-2-4-8-16/h5-6,9,12,14,16H,2-4,7-8,10-11,13H2,1H3,(H,21,23). The molecule has 1 fully saturated rings. The fourth-order valence-corrected chi connectivity index (χ4v) is 3.45. The molecule has 1 saturated carbocycles. The molecular weight excluding hydrogens is 300 g/mol. The molecule has 4 heteroatoms. The van der Waals surface area contributed by atoms with Gasteiger partial charge in [-0.1, -0.05) is 48.2 Å². The summed E-state index contributed by atoms with van der Waals surface area (Å²) in [5.41, 5.74) is 4.07. The van der Waals surface area contributed by atoms with Gasteiger partial charge in [0.15, 0.2) is 0 Å². The van der Waals surface area contributed by atoms with Crippen molar-refractivity contribution in [2.45, 2.75) is 51.9 Å². The normalized spacial score (nSPS) is 15.4. The van der Waals surface area contributed by atoms with E-state index < -0.39 is 0 Å². The molecule has 1 aliphatic carbocycles. The molecular formula is C20H26N2O2. The average Bonchev–Trinajstić information content (AvgIpc) is 3.08. The first-order valence-corrected chi connectivity index (χ1v) is 8.99. The maximum Gasteiger partial charge on any atom is 0.220 e. The Morgan fingerprint density at radius 3 is 2.92 bits per heavy atom. The molecule has 0 bridgehead atoms. The highest BCUT2D eigenvalue weighted by molar-refractivity contribution is 5.76. The first kappa shape index (κ1) is 16.7. The lowest BCUT2D eigenvalue weighted by Crippen LogP contribution is -2.30. The number of carbonyl (C=O) groups is 1. The summed E-state index contributed by atoms with van der Waals surface area (Å²) in [6.07, 6.45) is 9.26. The second kappa shape index (κ2) is 8.13. The highest BCUT2D eigenvalue weighted by atomic mass is 16.5. The summed E-state index contributed by atoms with van der Waals surface area (Å²) in [4.78, 5) is 12.1. The van der Waals surface area contributed by atoms with Gasteiger partial charge in [0, 0.05) is 24.1 Å². The molecule has 1 aromatic carbocycles. The number of aromatic nitrogens is 1. The maximum atomic E-state index is 12.1. The number of hydrogen-bond acceptors (Lipinski definition) is 3. The van der Waals surface area contributed by atoms with Crippen LogP contribution in [-0.4, -0.2) is 17.6 Å². The summed E-state index contributed by atoms with van der Waals surface area (Å²) in [6, 6.07) is 8.18. The summed E-state index contributed by atoms with van der Waals surface area (Å²) in [7, 11) is 0. The highest BCUT2D eigenvalue weighted by Crippen LogP contribution is 2.24. The molecule has 1 amide bonds. The van der Waals surface area contributed by atoms with Crippen LogP contribution in [0.15, 0.2) is 35.1 Å². The van der Waals surface area contributed by atoms with Crippen molar-refractivity contribution < 1.29 is 9.32 Å². The van der Waals surface area contributed by atoms with Crippen molar-refractivity contribution in [2.75, 3.05) is 6.54 Å². The Morgan fingerprint density at radius 1 is 1.29 bits per heavy atom. The Kier molecular flexibility index (Phi) is 5.68. The highest BCUT2D eigenvalue weighted by Gasteiger charge is 2.15. The van der Waals surface area contributed by atoms with E-state index in [0.29, 0.717) is 18.8 Å². The molecule has 128 valence electrons. The monoisotopic (exact) mass is 326 g/mol. The van der Waals surface area contributed by atoms with Crippen molar-refractivity contribution >= 4 is 5.91 Å². The third-order valence-electron chi connectivity index (χ3n) is 4.87. The van der Waals surface area contributed by atoms with Crippen LogP contribution in [0, 0.1) is 12.8 Å². The van der Waals surface area contributed by atoms with E-state index in [1.165, 1.54) is 37.7 Å². The smallest absolute Gasteiger partial charge is 0.220 e. The molecule has 2 aromatic rings. The summed E-state index contributed by atoms with van der Waals surface area (Å²) in [6.45, 7) is 2.88. The van der Waals surface area contributed by atoms with E-state index >= 15 is 0 Å². The Labute approximate surface area is 143 Å². The number of benzene rings is 1. The van der Waals surface area contributed by atoms with Crippen molar-refractivity contribution in [1.82, 2.24) is 10.5 Å².